The summed E-state index contributed by atoms with van der Waals surface area (Å²) in [5.74, 6) is 0.446. The van der Waals surface area contributed by atoms with Gasteiger partial charge in [0.2, 0.25) is 5.36 Å². The monoisotopic (exact) mass is 613 g/mol. The number of benzene rings is 3. The van der Waals surface area contributed by atoms with E-state index in [0.29, 0.717) is 12.2 Å². The summed E-state index contributed by atoms with van der Waals surface area (Å²) in [6.07, 6.45) is 0. The number of hydrogen-bond acceptors (Lipinski definition) is 4. The fraction of sp³-hybridized carbons (Fsp3) is 0.286. The first-order valence-corrected chi connectivity index (χ1v) is 11.6. The number of carbonyl (C=O) groups is 1. The van der Waals surface area contributed by atoms with Crippen LogP contribution < -0.4 is 15.7 Å². The minimum Gasteiger partial charge on any atom is -0.462 e. The molecule has 0 saturated heterocycles. The van der Waals surface area contributed by atoms with Crippen LogP contribution in [-0.2, 0) is 25.8 Å². The van der Waals surface area contributed by atoms with Gasteiger partial charge in [-0.25, -0.2) is 9.79 Å². The maximum atomic E-state index is 12.9. The topological polar surface area (TPSA) is 191 Å². The van der Waals surface area contributed by atoms with E-state index in [1.165, 1.54) is 0 Å². The molecular weight excluding hydrogens is 572 g/mol. The SMILES string of the molecule is CCNc1cc2oc3cc(=[NH+]CC)c(C)cc-3c(-c3ccccc3C(=O)OCC)c2cc1C.O.O.O.O.[Mo]. The van der Waals surface area contributed by atoms with Crippen LogP contribution in [0.5, 0.6) is 0 Å². The third kappa shape index (κ3) is 7.07. The molecule has 0 unspecified atom stereocenters. The maximum absolute atomic E-state index is 12.9. The van der Waals surface area contributed by atoms with E-state index in [0.717, 1.165) is 68.7 Å². The largest absolute Gasteiger partial charge is 0.462 e. The van der Waals surface area contributed by atoms with E-state index in [4.69, 9.17) is 9.15 Å². The second-order valence-electron chi connectivity index (χ2n) is 8.13. The Morgan fingerprint density at radius 3 is 2.24 bits per heavy atom. The molecule has 0 amide bonds. The van der Waals surface area contributed by atoms with Gasteiger partial charge in [-0.2, -0.15) is 0 Å². The van der Waals surface area contributed by atoms with Crippen molar-refractivity contribution in [3.8, 4) is 22.5 Å². The van der Waals surface area contributed by atoms with Gasteiger partial charge in [-0.3, -0.25) is 0 Å². The van der Waals surface area contributed by atoms with Crippen molar-refractivity contribution in [2.45, 2.75) is 34.6 Å². The van der Waals surface area contributed by atoms with E-state index in [9.17, 15) is 4.79 Å². The normalized spacial score (nSPS) is 10.3. The third-order valence-electron chi connectivity index (χ3n) is 5.84. The maximum Gasteiger partial charge on any atom is 0.338 e. The van der Waals surface area contributed by atoms with Crippen LogP contribution in [0.1, 0.15) is 42.3 Å². The Bertz CT molecular complexity index is 1390. The standard InChI is InChI=1S/C28H30N2O3.Mo.4H2O/c1-6-29-23-15-25-21(13-17(23)4)27(19-11-9-10-12-20(19)28(31)32-8-3)22-14-18(5)24(30-7-2)16-26(22)33-25;;;;;/h9-16,29H,6-8H2,1-5H3;;4*1H2/p+1. The Kier molecular flexibility index (Phi) is 15.6. The average molecular weight is 612 g/mol. The zero-order chi connectivity index (χ0) is 23.5. The van der Waals surface area contributed by atoms with Crippen molar-refractivity contribution in [1.82, 2.24) is 0 Å². The van der Waals surface area contributed by atoms with Gasteiger partial charge in [0.15, 0.2) is 0 Å². The van der Waals surface area contributed by atoms with Crippen LogP contribution in [0.4, 0.5) is 5.69 Å². The molecule has 1 aliphatic carbocycles. The number of ether oxygens (including phenoxy) is 1. The quantitative estimate of drug-likeness (QED) is 0.188. The van der Waals surface area contributed by atoms with Crippen molar-refractivity contribution in [2.24, 2.45) is 0 Å². The molecule has 9 nitrogen and oxygen atoms in total. The number of aryl methyl sites for hydroxylation is 2. The van der Waals surface area contributed by atoms with Crippen molar-refractivity contribution >= 4 is 22.6 Å². The van der Waals surface area contributed by atoms with Gasteiger partial charge in [0, 0.05) is 61.4 Å². The smallest absolute Gasteiger partial charge is 0.338 e. The van der Waals surface area contributed by atoms with Crippen molar-refractivity contribution in [3.63, 3.8) is 0 Å². The van der Waals surface area contributed by atoms with Crippen LogP contribution in [0.15, 0.2) is 52.9 Å². The van der Waals surface area contributed by atoms with Gasteiger partial charge in [0.25, 0.3) is 0 Å². The molecule has 2 aromatic rings. The minimum atomic E-state index is -0.322. The Morgan fingerprint density at radius 1 is 0.921 bits per heavy atom. The van der Waals surface area contributed by atoms with Gasteiger partial charge in [-0.1, -0.05) is 18.2 Å². The van der Waals surface area contributed by atoms with Crippen molar-refractivity contribution in [3.05, 3.63) is 70.6 Å². The average Bonchev–Trinajstić information content (AvgIpc) is 2.80. The first-order valence-electron chi connectivity index (χ1n) is 11.6. The van der Waals surface area contributed by atoms with Gasteiger partial charge in [-0.05, 0) is 63.9 Å². The van der Waals surface area contributed by atoms with Crippen molar-refractivity contribution in [2.75, 3.05) is 25.0 Å². The molecule has 0 spiro atoms. The molecule has 0 radical (unpaired) electrons. The number of nitrogens with one attached hydrogen (secondary N) is 2. The summed E-state index contributed by atoms with van der Waals surface area (Å²) in [6.45, 7) is 12.1. The first kappa shape index (κ1) is 37.1. The molecule has 2 aromatic carbocycles. The molecule has 0 aromatic heterocycles. The number of rotatable bonds is 6. The van der Waals surface area contributed by atoms with Crippen LogP contribution in [-0.4, -0.2) is 47.6 Å². The van der Waals surface area contributed by atoms with Gasteiger partial charge >= 0.3 is 5.97 Å². The Balaban J connectivity index is 0. The Morgan fingerprint density at radius 2 is 1.61 bits per heavy atom. The molecule has 10 heteroatoms. The van der Waals surface area contributed by atoms with E-state index >= 15 is 0 Å². The molecule has 0 bridgehead atoms. The van der Waals surface area contributed by atoms with Gasteiger partial charge < -0.3 is 36.4 Å². The van der Waals surface area contributed by atoms with E-state index in [2.05, 4.69) is 62.3 Å². The van der Waals surface area contributed by atoms with Gasteiger partial charge in [-0.15, -0.1) is 0 Å². The van der Waals surface area contributed by atoms with Crippen LogP contribution in [0.25, 0.3) is 33.4 Å². The number of hydrogen-bond donors (Lipinski definition) is 2. The molecule has 4 rings (SSSR count). The fourth-order valence-corrected chi connectivity index (χ4v) is 4.34. The molecule has 0 saturated carbocycles. The number of anilines is 1. The molecule has 208 valence electrons. The number of esters is 1. The minimum absolute atomic E-state index is 0. The zero-order valence-corrected chi connectivity index (χ0v) is 24.4. The molecule has 0 fully saturated rings. The molecule has 2 aliphatic rings. The van der Waals surface area contributed by atoms with Gasteiger partial charge in [0.05, 0.1) is 18.2 Å². The van der Waals surface area contributed by atoms with E-state index < -0.39 is 0 Å². The molecule has 1 heterocycles. The van der Waals surface area contributed by atoms with Gasteiger partial charge in [0.1, 0.15) is 17.9 Å². The summed E-state index contributed by atoms with van der Waals surface area (Å²) in [6, 6.07) is 16.0. The number of fused-ring (bicyclic) bond motifs is 2. The molecule has 0 atom stereocenters. The van der Waals surface area contributed by atoms with Crippen LogP contribution in [0.3, 0.4) is 0 Å². The molecule has 1 aliphatic heterocycles. The summed E-state index contributed by atoms with van der Waals surface area (Å²) in [4.78, 5) is 16.3. The summed E-state index contributed by atoms with van der Waals surface area (Å²) in [5.41, 5.74) is 7.38. The van der Waals surface area contributed by atoms with Crippen LogP contribution in [0, 0.1) is 13.8 Å². The summed E-state index contributed by atoms with van der Waals surface area (Å²) >= 11 is 0. The third-order valence-corrected chi connectivity index (χ3v) is 5.84. The van der Waals surface area contributed by atoms with Crippen molar-refractivity contribution in [1.29, 1.82) is 0 Å². The zero-order valence-electron chi connectivity index (χ0n) is 22.4. The van der Waals surface area contributed by atoms with Crippen molar-refractivity contribution < 1.29 is 61.9 Å². The van der Waals surface area contributed by atoms with E-state index in [1.54, 1.807) is 0 Å². The Labute approximate surface area is 236 Å². The predicted molar refractivity (Wildman–Crippen MR) is 147 cm³/mol. The second kappa shape index (κ2) is 16.0. The predicted octanol–water partition coefficient (Wildman–Crippen LogP) is 1.13. The molecular formula is C28H39MoN2O7+. The second-order valence-corrected chi connectivity index (χ2v) is 8.13. The van der Waals surface area contributed by atoms with E-state index in [-0.39, 0.29) is 48.9 Å². The first-order chi connectivity index (χ1) is 16.0. The van der Waals surface area contributed by atoms with Crippen LogP contribution >= 0.6 is 0 Å². The summed E-state index contributed by atoms with van der Waals surface area (Å²) < 4.78 is 11.8. The summed E-state index contributed by atoms with van der Waals surface area (Å²) in [7, 11) is 0. The summed E-state index contributed by atoms with van der Waals surface area (Å²) in [5, 5.41) is 5.42. The van der Waals surface area contributed by atoms with Crippen LogP contribution in [0.2, 0.25) is 0 Å². The fourth-order valence-electron chi connectivity index (χ4n) is 4.34. The van der Waals surface area contributed by atoms with E-state index in [1.807, 2.05) is 31.2 Å². The number of carbonyl (C=O) groups excluding carboxylic acids is 1. The molecule has 38 heavy (non-hydrogen) atoms. The Hall–Kier alpha value is -3.07. The molecule has 10 N–H and O–H groups in total.